The molecule has 0 saturated carbocycles. The molecule has 7 nitrogen and oxygen atoms in total. The first-order valence-corrected chi connectivity index (χ1v) is 13.1. The van der Waals surface area contributed by atoms with Crippen LogP contribution < -0.4 is 4.74 Å². The van der Waals surface area contributed by atoms with Gasteiger partial charge in [-0.3, -0.25) is 0 Å². The average molecular weight is 521 g/mol. The minimum Gasteiger partial charge on any atom is -0.497 e. The SMILES string of the molecule is COc1ccc(CO[C@@H]2[C@@H](OCc3ccccc3)[C@@H](CC3COC(C)(C)O3)O[C@H]2C=Cc2ccco2)cc1. The smallest absolute Gasteiger partial charge is 0.163 e. The summed E-state index contributed by atoms with van der Waals surface area (Å²) in [4.78, 5) is 0. The fraction of sp³-hybridized carbons (Fsp3) is 0.419. The van der Waals surface area contributed by atoms with Crippen molar-refractivity contribution in [3.63, 3.8) is 0 Å². The lowest BCUT2D eigenvalue weighted by Crippen LogP contribution is -2.38. The van der Waals surface area contributed by atoms with Crippen LogP contribution in [0.5, 0.6) is 5.75 Å². The van der Waals surface area contributed by atoms with Crippen LogP contribution in [0.4, 0.5) is 0 Å². The zero-order chi connectivity index (χ0) is 26.4. The van der Waals surface area contributed by atoms with Crippen LogP contribution in [0.1, 0.15) is 37.2 Å². The molecule has 0 N–H and O–H groups in total. The van der Waals surface area contributed by atoms with E-state index in [0.717, 1.165) is 22.6 Å². The molecule has 7 heteroatoms. The normalized spacial score (nSPS) is 26.8. The van der Waals surface area contributed by atoms with E-state index >= 15 is 0 Å². The second kappa shape index (κ2) is 12.3. The quantitative estimate of drug-likeness (QED) is 0.317. The molecule has 38 heavy (non-hydrogen) atoms. The van der Waals surface area contributed by atoms with Gasteiger partial charge in [0.2, 0.25) is 0 Å². The number of hydrogen-bond donors (Lipinski definition) is 0. The number of methoxy groups -OCH3 is 1. The summed E-state index contributed by atoms with van der Waals surface area (Å²) in [5, 5.41) is 0. The van der Waals surface area contributed by atoms with Crippen molar-refractivity contribution in [2.75, 3.05) is 13.7 Å². The lowest BCUT2D eigenvalue weighted by molar-refractivity contribution is -0.145. The van der Waals surface area contributed by atoms with Crippen molar-refractivity contribution < 1.29 is 32.8 Å². The maximum absolute atomic E-state index is 6.59. The Labute approximate surface area is 224 Å². The topological polar surface area (TPSA) is 68.5 Å². The van der Waals surface area contributed by atoms with Gasteiger partial charge in [-0.25, -0.2) is 0 Å². The Bertz CT molecular complexity index is 1140. The Kier molecular flexibility index (Phi) is 8.61. The van der Waals surface area contributed by atoms with E-state index in [1.165, 1.54) is 0 Å². The van der Waals surface area contributed by atoms with Crippen molar-refractivity contribution in [1.29, 1.82) is 0 Å². The standard InChI is InChI=1S/C31H36O7/c1-31(2)36-21-26(38-31)18-28-30(35-19-22-8-5-4-6-9-22)29(27(37-28)16-15-25-10-7-17-33-25)34-20-23-11-13-24(32-3)14-12-23/h4-17,26-30H,18-21H2,1-3H3/t26?,27-,28+,29-,30-/m0/s1. The van der Waals surface area contributed by atoms with Crippen LogP contribution >= 0.6 is 0 Å². The maximum atomic E-state index is 6.59. The highest BCUT2D eigenvalue weighted by Crippen LogP contribution is 2.35. The molecule has 0 spiro atoms. The molecule has 3 heterocycles. The molecule has 2 aliphatic rings. The van der Waals surface area contributed by atoms with Gasteiger partial charge >= 0.3 is 0 Å². The van der Waals surface area contributed by atoms with E-state index in [1.807, 2.05) is 80.6 Å². The van der Waals surface area contributed by atoms with Gasteiger partial charge in [0.15, 0.2) is 5.79 Å². The molecule has 2 aromatic carbocycles. The molecule has 1 aromatic heterocycles. The summed E-state index contributed by atoms with van der Waals surface area (Å²) in [5.41, 5.74) is 2.13. The first-order chi connectivity index (χ1) is 18.5. The summed E-state index contributed by atoms with van der Waals surface area (Å²) in [6.45, 7) is 5.25. The van der Waals surface area contributed by atoms with E-state index in [2.05, 4.69) is 12.1 Å². The van der Waals surface area contributed by atoms with Crippen LogP contribution in [0.25, 0.3) is 6.08 Å². The molecule has 202 valence electrons. The van der Waals surface area contributed by atoms with Crippen molar-refractivity contribution in [3.05, 3.63) is 96.0 Å². The third kappa shape index (κ3) is 6.92. The summed E-state index contributed by atoms with van der Waals surface area (Å²) < 4.78 is 42.4. The summed E-state index contributed by atoms with van der Waals surface area (Å²) in [6, 6.07) is 21.8. The summed E-state index contributed by atoms with van der Waals surface area (Å²) in [7, 11) is 1.66. The second-order valence-electron chi connectivity index (χ2n) is 10.1. The predicted octanol–water partition coefficient (Wildman–Crippen LogP) is 5.78. The Morgan fingerprint density at radius 2 is 1.63 bits per heavy atom. The Balaban J connectivity index is 1.37. The lowest BCUT2D eigenvalue weighted by Gasteiger charge is -2.26. The molecule has 5 rings (SSSR count). The molecule has 0 radical (unpaired) electrons. The van der Waals surface area contributed by atoms with Gasteiger partial charge in [0.1, 0.15) is 29.8 Å². The number of rotatable bonds is 11. The molecule has 0 aliphatic carbocycles. The number of hydrogen-bond acceptors (Lipinski definition) is 7. The van der Waals surface area contributed by atoms with E-state index in [-0.39, 0.29) is 30.5 Å². The Morgan fingerprint density at radius 1 is 0.895 bits per heavy atom. The van der Waals surface area contributed by atoms with E-state index < -0.39 is 5.79 Å². The number of furan rings is 1. The van der Waals surface area contributed by atoms with Crippen molar-refractivity contribution in [1.82, 2.24) is 0 Å². The van der Waals surface area contributed by atoms with Gasteiger partial charge < -0.3 is 32.8 Å². The Hall–Kier alpha value is -2.94. The highest BCUT2D eigenvalue weighted by molar-refractivity contribution is 5.43. The first-order valence-electron chi connectivity index (χ1n) is 13.1. The minimum absolute atomic E-state index is 0.0899. The molecular formula is C31H36O7. The van der Waals surface area contributed by atoms with Crippen LogP contribution in [-0.2, 0) is 36.9 Å². The minimum atomic E-state index is -0.605. The molecule has 2 fully saturated rings. The van der Waals surface area contributed by atoms with Gasteiger partial charge in [0.25, 0.3) is 0 Å². The van der Waals surface area contributed by atoms with Crippen LogP contribution in [0.15, 0.2) is 83.5 Å². The molecule has 2 saturated heterocycles. The highest BCUT2D eigenvalue weighted by atomic mass is 16.7. The lowest BCUT2D eigenvalue weighted by atomic mass is 10.0. The molecule has 1 unspecified atom stereocenters. The molecule has 5 atom stereocenters. The molecule has 2 aliphatic heterocycles. The van der Waals surface area contributed by atoms with Crippen molar-refractivity contribution in [2.24, 2.45) is 0 Å². The zero-order valence-corrected chi connectivity index (χ0v) is 22.2. The average Bonchev–Trinajstić information content (AvgIpc) is 3.65. The zero-order valence-electron chi connectivity index (χ0n) is 22.2. The molecule has 0 amide bonds. The van der Waals surface area contributed by atoms with Crippen molar-refractivity contribution >= 4 is 6.08 Å². The molecular weight excluding hydrogens is 484 g/mol. The Morgan fingerprint density at radius 3 is 2.29 bits per heavy atom. The largest absolute Gasteiger partial charge is 0.497 e. The third-order valence-electron chi connectivity index (χ3n) is 6.79. The first kappa shape index (κ1) is 26.7. The number of ether oxygens (including phenoxy) is 6. The molecule has 0 bridgehead atoms. The van der Waals surface area contributed by atoms with Gasteiger partial charge in [0, 0.05) is 6.42 Å². The van der Waals surface area contributed by atoms with Gasteiger partial charge in [0.05, 0.1) is 45.4 Å². The summed E-state index contributed by atoms with van der Waals surface area (Å²) in [5.74, 6) is 0.956. The van der Waals surface area contributed by atoms with Gasteiger partial charge in [-0.1, -0.05) is 42.5 Å². The van der Waals surface area contributed by atoms with E-state index in [0.29, 0.717) is 26.2 Å². The van der Waals surface area contributed by atoms with Crippen molar-refractivity contribution in [2.45, 2.75) is 69.8 Å². The summed E-state index contributed by atoms with van der Waals surface area (Å²) in [6.07, 6.45) is 4.88. The molecule has 3 aromatic rings. The van der Waals surface area contributed by atoms with E-state index in [1.54, 1.807) is 13.4 Å². The second-order valence-corrected chi connectivity index (χ2v) is 10.1. The van der Waals surface area contributed by atoms with E-state index in [4.69, 9.17) is 32.8 Å². The van der Waals surface area contributed by atoms with Crippen LogP contribution in [0.3, 0.4) is 0 Å². The van der Waals surface area contributed by atoms with E-state index in [9.17, 15) is 0 Å². The van der Waals surface area contributed by atoms with Crippen LogP contribution in [-0.4, -0.2) is 50.0 Å². The van der Waals surface area contributed by atoms with Crippen LogP contribution in [0.2, 0.25) is 0 Å². The highest BCUT2D eigenvalue weighted by Gasteiger charge is 2.47. The number of benzene rings is 2. The van der Waals surface area contributed by atoms with Gasteiger partial charge in [-0.05, 0) is 61.4 Å². The maximum Gasteiger partial charge on any atom is 0.163 e. The van der Waals surface area contributed by atoms with Gasteiger partial charge in [-0.2, -0.15) is 0 Å². The predicted molar refractivity (Wildman–Crippen MR) is 143 cm³/mol. The van der Waals surface area contributed by atoms with Crippen LogP contribution in [0, 0.1) is 0 Å². The fourth-order valence-corrected chi connectivity index (χ4v) is 4.89. The fourth-order valence-electron chi connectivity index (χ4n) is 4.89. The van der Waals surface area contributed by atoms with Gasteiger partial charge in [-0.15, -0.1) is 0 Å². The summed E-state index contributed by atoms with van der Waals surface area (Å²) >= 11 is 0. The third-order valence-corrected chi connectivity index (χ3v) is 6.79. The monoisotopic (exact) mass is 520 g/mol. The van der Waals surface area contributed by atoms with Crippen molar-refractivity contribution in [3.8, 4) is 5.75 Å².